The number of rotatable bonds is 2. The molecule has 1 atom stereocenters. The standard InChI is InChI=1S/C12H13BrO2S/c1-12(2,11(14)15)10-6-7-8(13)4-3-5-9(7)16-10/h3-5,10H,6H2,1-2H3,(H,14,15). The molecule has 0 saturated heterocycles. The molecule has 1 aromatic carbocycles. The first kappa shape index (κ1) is 12.0. The van der Waals surface area contributed by atoms with Gasteiger partial charge in [-0.15, -0.1) is 11.8 Å². The van der Waals surface area contributed by atoms with Crippen molar-refractivity contribution in [3.05, 3.63) is 28.2 Å². The highest BCUT2D eigenvalue weighted by atomic mass is 79.9. The van der Waals surface area contributed by atoms with E-state index < -0.39 is 11.4 Å². The zero-order valence-corrected chi connectivity index (χ0v) is 11.6. The third kappa shape index (κ3) is 1.89. The van der Waals surface area contributed by atoms with Gasteiger partial charge in [-0.3, -0.25) is 4.79 Å². The lowest BCUT2D eigenvalue weighted by Gasteiger charge is -2.25. The van der Waals surface area contributed by atoms with E-state index in [4.69, 9.17) is 0 Å². The number of hydrogen-bond donors (Lipinski definition) is 1. The number of benzene rings is 1. The number of carboxylic acids is 1. The normalized spacial score (nSPS) is 19.6. The molecule has 1 heterocycles. The molecule has 1 unspecified atom stereocenters. The second-order valence-corrected chi connectivity index (χ2v) is 6.65. The minimum absolute atomic E-state index is 0.110. The van der Waals surface area contributed by atoms with Gasteiger partial charge in [-0.25, -0.2) is 0 Å². The van der Waals surface area contributed by atoms with Crippen LogP contribution in [-0.4, -0.2) is 16.3 Å². The topological polar surface area (TPSA) is 37.3 Å². The van der Waals surface area contributed by atoms with Crippen molar-refractivity contribution in [1.29, 1.82) is 0 Å². The number of carbonyl (C=O) groups is 1. The van der Waals surface area contributed by atoms with E-state index in [0.717, 1.165) is 10.9 Å². The van der Waals surface area contributed by atoms with Gasteiger partial charge in [-0.1, -0.05) is 22.0 Å². The summed E-state index contributed by atoms with van der Waals surface area (Å²) in [5.41, 5.74) is 0.551. The lowest BCUT2D eigenvalue weighted by Crippen LogP contribution is -2.34. The number of hydrogen-bond acceptors (Lipinski definition) is 2. The third-order valence-corrected chi connectivity index (χ3v) is 5.51. The molecule has 0 amide bonds. The molecule has 0 fully saturated rings. The summed E-state index contributed by atoms with van der Waals surface area (Å²) in [6.45, 7) is 3.60. The van der Waals surface area contributed by atoms with Crippen LogP contribution in [0.1, 0.15) is 19.4 Å². The Hall–Kier alpha value is -0.480. The molecule has 16 heavy (non-hydrogen) atoms. The first-order valence-corrected chi connectivity index (χ1v) is 6.77. The van der Waals surface area contributed by atoms with E-state index in [1.807, 2.05) is 12.1 Å². The van der Waals surface area contributed by atoms with Gasteiger partial charge >= 0.3 is 5.97 Å². The summed E-state index contributed by atoms with van der Waals surface area (Å²) in [5.74, 6) is -0.728. The second kappa shape index (κ2) is 4.08. The van der Waals surface area contributed by atoms with Crippen LogP contribution in [0.3, 0.4) is 0 Å². The van der Waals surface area contributed by atoms with Crippen LogP contribution in [0.4, 0.5) is 0 Å². The Kier molecular flexibility index (Phi) is 3.05. The summed E-state index contributed by atoms with van der Waals surface area (Å²) >= 11 is 5.19. The molecule has 1 aromatic rings. The van der Waals surface area contributed by atoms with E-state index in [1.165, 1.54) is 10.5 Å². The highest BCUT2D eigenvalue weighted by molar-refractivity contribution is 9.10. The molecule has 0 aromatic heterocycles. The average Bonchev–Trinajstić information content (AvgIpc) is 2.63. The van der Waals surface area contributed by atoms with Gasteiger partial charge in [-0.05, 0) is 38.0 Å². The number of fused-ring (bicyclic) bond motifs is 1. The predicted octanol–water partition coefficient (Wildman–Crippen LogP) is 3.58. The van der Waals surface area contributed by atoms with Crippen molar-refractivity contribution in [3.8, 4) is 0 Å². The smallest absolute Gasteiger partial charge is 0.310 e. The van der Waals surface area contributed by atoms with Gasteiger partial charge in [0.05, 0.1) is 5.41 Å². The van der Waals surface area contributed by atoms with Crippen LogP contribution in [0.25, 0.3) is 0 Å². The summed E-state index contributed by atoms with van der Waals surface area (Å²) in [6, 6.07) is 6.06. The Balaban J connectivity index is 2.30. The number of aliphatic carboxylic acids is 1. The Bertz CT molecular complexity index is 443. The predicted molar refractivity (Wildman–Crippen MR) is 68.9 cm³/mol. The largest absolute Gasteiger partial charge is 0.481 e. The quantitative estimate of drug-likeness (QED) is 0.907. The van der Waals surface area contributed by atoms with Crippen LogP contribution in [0.2, 0.25) is 0 Å². The molecule has 0 saturated carbocycles. The van der Waals surface area contributed by atoms with Crippen molar-refractivity contribution < 1.29 is 9.90 Å². The molecule has 0 bridgehead atoms. The lowest BCUT2D eigenvalue weighted by molar-refractivity contribution is -0.146. The summed E-state index contributed by atoms with van der Waals surface area (Å²) in [7, 11) is 0. The molecule has 1 aliphatic heterocycles. The molecule has 0 aliphatic carbocycles. The maximum Gasteiger partial charge on any atom is 0.310 e. The monoisotopic (exact) mass is 300 g/mol. The highest BCUT2D eigenvalue weighted by Gasteiger charge is 2.41. The Morgan fingerprint density at radius 1 is 1.56 bits per heavy atom. The molecule has 4 heteroatoms. The Labute approximate surface area is 108 Å². The van der Waals surface area contributed by atoms with Crippen LogP contribution in [0.5, 0.6) is 0 Å². The molecule has 2 rings (SSSR count). The molecular weight excluding hydrogens is 288 g/mol. The van der Waals surface area contributed by atoms with Crippen LogP contribution in [0, 0.1) is 5.41 Å². The van der Waals surface area contributed by atoms with Crippen LogP contribution >= 0.6 is 27.7 Å². The van der Waals surface area contributed by atoms with Gasteiger partial charge in [0.15, 0.2) is 0 Å². The molecule has 86 valence electrons. The summed E-state index contributed by atoms with van der Waals surface area (Å²) in [5, 5.41) is 9.33. The van der Waals surface area contributed by atoms with Crippen molar-refractivity contribution >= 4 is 33.7 Å². The van der Waals surface area contributed by atoms with Crippen molar-refractivity contribution in [2.24, 2.45) is 5.41 Å². The minimum atomic E-state index is -0.728. The van der Waals surface area contributed by atoms with Crippen LogP contribution in [0.15, 0.2) is 27.6 Å². The van der Waals surface area contributed by atoms with Crippen molar-refractivity contribution in [2.45, 2.75) is 30.4 Å². The molecule has 2 nitrogen and oxygen atoms in total. The van der Waals surface area contributed by atoms with E-state index in [9.17, 15) is 9.90 Å². The first-order chi connectivity index (χ1) is 7.43. The van der Waals surface area contributed by atoms with E-state index in [-0.39, 0.29) is 5.25 Å². The second-order valence-electron chi connectivity index (χ2n) is 4.55. The van der Waals surface area contributed by atoms with Crippen LogP contribution in [-0.2, 0) is 11.2 Å². The van der Waals surface area contributed by atoms with E-state index in [2.05, 4.69) is 22.0 Å². The highest BCUT2D eigenvalue weighted by Crippen LogP contribution is 2.47. The fourth-order valence-corrected chi connectivity index (χ4v) is 3.87. The van der Waals surface area contributed by atoms with Gasteiger partial charge in [0.1, 0.15) is 0 Å². The van der Waals surface area contributed by atoms with Crippen molar-refractivity contribution in [2.75, 3.05) is 0 Å². The zero-order chi connectivity index (χ0) is 11.9. The lowest BCUT2D eigenvalue weighted by atomic mass is 9.86. The molecular formula is C12H13BrO2S. The number of carboxylic acid groups (broad SMARTS) is 1. The third-order valence-electron chi connectivity index (χ3n) is 3.09. The molecule has 0 spiro atoms. The zero-order valence-electron chi connectivity index (χ0n) is 9.16. The average molecular weight is 301 g/mol. The maximum atomic E-state index is 11.2. The molecule has 0 radical (unpaired) electrons. The number of halogens is 1. The molecule has 1 N–H and O–H groups in total. The summed E-state index contributed by atoms with van der Waals surface area (Å²) in [6.07, 6.45) is 0.820. The van der Waals surface area contributed by atoms with Crippen molar-refractivity contribution in [1.82, 2.24) is 0 Å². The maximum absolute atomic E-state index is 11.2. The van der Waals surface area contributed by atoms with Crippen LogP contribution < -0.4 is 0 Å². The number of thioether (sulfide) groups is 1. The minimum Gasteiger partial charge on any atom is -0.481 e. The fraction of sp³-hybridized carbons (Fsp3) is 0.417. The SMILES string of the molecule is CC(C)(C(=O)O)C1Cc2c(Br)cccc2S1. The Morgan fingerprint density at radius 3 is 2.81 bits per heavy atom. The van der Waals surface area contributed by atoms with Gasteiger partial charge in [0.2, 0.25) is 0 Å². The van der Waals surface area contributed by atoms with Gasteiger partial charge in [0, 0.05) is 14.6 Å². The summed E-state index contributed by atoms with van der Waals surface area (Å²) < 4.78 is 1.08. The van der Waals surface area contributed by atoms with Gasteiger partial charge in [-0.2, -0.15) is 0 Å². The van der Waals surface area contributed by atoms with Gasteiger partial charge < -0.3 is 5.11 Å². The van der Waals surface area contributed by atoms with Crippen molar-refractivity contribution in [3.63, 3.8) is 0 Å². The van der Waals surface area contributed by atoms with E-state index >= 15 is 0 Å². The first-order valence-electron chi connectivity index (χ1n) is 5.10. The summed E-state index contributed by atoms with van der Waals surface area (Å²) in [4.78, 5) is 12.4. The Morgan fingerprint density at radius 2 is 2.25 bits per heavy atom. The van der Waals surface area contributed by atoms with Gasteiger partial charge in [0.25, 0.3) is 0 Å². The van der Waals surface area contributed by atoms with E-state index in [0.29, 0.717) is 0 Å². The van der Waals surface area contributed by atoms with E-state index in [1.54, 1.807) is 25.6 Å². The molecule has 1 aliphatic rings. The fourth-order valence-electron chi connectivity index (χ4n) is 1.77.